The first-order valence-electron chi connectivity index (χ1n) is 7.11. The van der Waals surface area contributed by atoms with Crippen LogP contribution in [-0.2, 0) is 0 Å². The zero-order valence-corrected chi connectivity index (χ0v) is 18.1. The molecule has 0 bridgehead atoms. The summed E-state index contributed by atoms with van der Waals surface area (Å²) in [5, 5.41) is 8.22. The second-order valence-corrected chi connectivity index (χ2v) is 9.08. The van der Waals surface area contributed by atoms with Crippen LogP contribution in [0.5, 0.6) is 0 Å². The molecule has 0 heterocycles. The Morgan fingerprint density at radius 1 is 1.04 bits per heavy atom. The highest BCUT2D eigenvalue weighted by molar-refractivity contribution is 14.1. The Morgan fingerprint density at radius 2 is 1.62 bits per heavy atom. The Hall–Kier alpha value is -0.870. The van der Waals surface area contributed by atoms with Gasteiger partial charge in [-0.1, -0.05) is 34.8 Å². The molecule has 3 N–H and O–H groups in total. The van der Waals surface area contributed by atoms with Crippen molar-refractivity contribution in [2.75, 3.05) is 5.32 Å². The number of hydrogen-bond acceptors (Lipinski definition) is 2. The molecule has 0 aliphatic heterocycles. The highest BCUT2D eigenvalue weighted by Crippen LogP contribution is 2.29. The van der Waals surface area contributed by atoms with E-state index in [2.05, 4.69) is 38.5 Å². The zero-order valence-electron chi connectivity index (χ0n) is 12.9. The lowest BCUT2D eigenvalue weighted by atomic mass is 10.2. The third-order valence-electron chi connectivity index (χ3n) is 3.09. The second kappa shape index (κ2) is 9.36. The molecule has 0 saturated heterocycles. The number of rotatable bonds is 4. The summed E-state index contributed by atoms with van der Waals surface area (Å²) in [6, 6.07) is 12.4. The van der Waals surface area contributed by atoms with E-state index in [4.69, 9.17) is 47.0 Å². The van der Waals surface area contributed by atoms with Crippen LogP contribution in [0.4, 0.5) is 10.1 Å². The van der Waals surface area contributed by atoms with Crippen LogP contribution in [0, 0.1) is 9.39 Å². The SMILES string of the molecule is O=C(N[C@H](NC(=S)Nc1ccc(F)cc1)C(Cl)(Cl)Cl)c1ccc(I)cc1. The molecule has 0 spiro atoms. The van der Waals surface area contributed by atoms with Crippen LogP contribution >= 0.6 is 69.6 Å². The molecule has 0 aliphatic carbocycles. The average molecular weight is 547 g/mol. The van der Waals surface area contributed by atoms with Gasteiger partial charge in [-0.25, -0.2) is 4.39 Å². The van der Waals surface area contributed by atoms with Gasteiger partial charge in [0.1, 0.15) is 12.0 Å². The molecule has 1 amide bonds. The van der Waals surface area contributed by atoms with Crippen molar-refractivity contribution in [2.45, 2.75) is 9.96 Å². The van der Waals surface area contributed by atoms with Gasteiger partial charge in [0, 0.05) is 14.8 Å². The van der Waals surface area contributed by atoms with Gasteiger partial charge in [-0.05, 0) is 83.3 Å². The monoisotopic (exact) mass is 545 g/mol. The fraction of sp³-hybridized carbons (Fsp3) is 0.125. The minimum atomic E-state index is -1.87. The maximum absolute atomic E-state index is 12.9. The molecule has 2 aromatic carbocycles. The smallest absolute Gasteiger partial charge is 0.252 e. The quantitative estimate of drug-likeness (QED) is 0.222. The molecule has 10 heteroatoms. The van der Waals surface area contributed by atoms with E-state index in [1.807, 2.05) is 0 Å². The van der Waals surface area contributed by atoms with Crippen molar-refractivity contribution >= 4 is 86.3 Å². The number of anilines is 1. The summed E-state index contributed by atoms with van der Waals surface area (Å²) < 4.78 is 12.1. The number of carbonyl (C=O) groups excluding carboxylic acids is 1. The lowest BCUT2D eigenvalue weighted by Crippen LogP contribution is -2.56. The lowest BCUT2D eigenvalue weighted by molar-refractivity contribution is 0.0934. The molecule has 26 heavy (non-hydrogen) atoms. The highest BCUT2D eigenvalue weighted by atomic mass is 127. The third-order valence-corrected chi connectivity index (χ3v) is 4.68. The van der Waals surface area contributed by atoms with Crippen molar-refractivity contribution in [1.82, 2.24) is 10.6 Å². The van der Waals surface area contributed by atoms with Crippen LogP contribution in [-0.4, -0.2) is 21.0 Å². The van der Waals surface area contributed by atoms with E-state index in [0.717, 1.165) is 3.57 Å². The van der Waals surface area contributed by atoms with E-state index in [1.54, 1.807) is 24.3 Å². The molecular formula is C16H12Cl3FIN3OS. The fourth-order valence-corrected chi connectivity index (χ4v) is 2.77. The molecule has 2 rings (SSSR count). The van der Waals surface area contributed by atoms with Gasteiger partial charge in [0.15, 0.2) is 5.11 Å². The van der Waals surface area contributed by atoms with E-state index in [9.17, 15) is 9.18 Å². The van der Waals surface area contributed by atoms with Gasteiger partial charge in [-0.2, -0.15) is 0 Å². The number of hydrogen-bond donors (Lipinski definition) is 3. The molecule has 138 valence electrons. The highest BCUT2D eigenvalue weighted by Gasteiger charge is 2.34. The van der Waals surface area contributed by atoms with Crippen molar-refractivity contribution in [2.24, 2.45) is 0 Å². The molecule has 0 saturated carbocycles. The van der Waals surface area contributed by atoms with Crippen LogP contribution in [0.3, 0.4) is 0 Å². The first-order chi connectivity index (χ1) is 12.1. The first kappa shape index (κ1) is 21.4. The van der Waals surface area contributed by atoms with Gasteiger partial charge in [0.05, 0.1) is 0 Å². The number of halogens is 5. The Labute approximate surface area is 183 Å². The molecular weight excluding hydrogens is 535 g/mol. The second-order valence-electron chi connectivity index (χ2n) is 5.06. The maximum Gasteiger partial charge on any atom is 0.252 e. The number of alkyl halides is 3. The normalized spacial score (nSPS) is 12.2. The average Bonchev–Trinajstić information content (AvgIpc) is 2.56. The van der Waals surface area contributed by atoms with Crippen LogP contribution in [0.2, 0.25) is 0 Å². The summed E-state index contributed by atoms with van der Waals surface area (Å²) in [6.45, 7) is 0. The lowest BCUT2D eigenvalue weighted by Gasteiger charge is -2.27. The van der Waals surface area contributed by atoms with Crippen LogP contribution in [0.25, 0.3) is 0 Å². The molecule has 1 atom stereocenters. The minimum absolute atomic E-state index is 0.0934. The van der Waals surface area contributed by atoms with E-state index in [0.29, 0.717) is 11.3 Å². The standard InChI is InChI=1S/C16H12Cl3FIN3OS/c17-16(18,19)14(23-13(25)9-1-5-11(21)6-2-9)24-15(26)22-12-7-3-10(20)4-8-12/h1-8,14H,(H,23,25)(H2,22,24,26)/t14-/m1/s1. The van der Waals surface area contributed by atoms with E-state index < -0.39 is 15.9 Å². The Balaban J connectivity index is 2.04. The van der Waals surface area contributed by atoms with Crippen molar-refractivity contribution in [3.8, 4) is 0 Å². The maximum atomic E-state index is 12.9. The summed E-state index contributed by atoms with van der Waals surface area (Å²) >= 11 is 25.1. The summed E-state index contributed by atoms with van der Waals surface area (Å²) in [4.78, 5) is 12.4. The van der Waals surface area contributed by atoms with Gasteiger partial charge in [0.2, 0.25) is 3.79 Å². The first-order valence-corrected chi connectivity index (χ1v) is 9.73. The van der Waals surface area contributed by atoms with Crippen molar-refractivity contribution in [3.63, 3.8) is 0 Å². The number of amides is 1. The van der Waals surface area contributed by atoms with Crippen molar-refractivity contribution in [3.05, 3.63) is 63.5 Å². The van der Waals surface area contributed by atoms with Gasteiger partial charge in [-0.3, -0.25) is 4.79 Å². The van der Waals surface area contributed by atoms with Crippen molar-refractivity contribution in [1.29, 1.82) is 0 Å². The summed E-state index contributed by atoms with van der Waals surface area (Å²) in [7, 11) is 0. The van der Waals surface area contributed by atoms with Gasteiger partial charge >= 0.3 is 0 Å². The summed E-state index contributed by atoms with van der Waals surface area (Å²) in [5.74, 6) is -0.812. The van der Waals surface area contributed by atoms with E-state index in [1.165, 1.54) is 24.3 Å². The van der Waals surface area contributed by atoms with Crippen LogP contribution < -0.4 is 16.0 Å². The van der Waals surface area contributed by atoms with E-state index >= 15 is 0 Å². The molecule has 0 aliphatic rings. The number of thiocarbonyl (C=S) groups is 1. The molecule has 0 aromatic heterocycles. The third kappa shape index (κ3) is 6.70. The van der Waals surface area contributed by atoms with Crippen LogP contribution in [0.15, 0.2) is 48.5 Å². The summed E-state index contributed by atoms with van der Waals surface area (Å²) in [6.07, 6.45) is -1.10. The van der Waals surface area contributed by atoms with Crippen molar-refractivity contribution < 1.29 is 9.18 Å². The van der Waals surface area contributed by atoms with Gasteiger partial charge < -0.3 is 16.0 Å². The Kier molecular flexibility index (Phi) is 7.72. The minimum Gasteiger partial charge on any atom is -0.339 e. The number of carbonyl (C=O) groups is 1. The molecule has 2 aromatic rings. The molecule has 0 radical (unpaired) electrons. The Morgan fingerprint density at radius 3 is 2.15 bits per heavy atom. The molecule has 4 nitrogen and oxygen atoms in total. The fourth-order valence-electron chi connectivity index (χ4n) is 1.85. The largest absolute Gasteiger partial charge is 0.339 e. The van der Waals surface area contributed by atoms with Gasteiger partial charge in [-0.15, -0.1) is 0 Å². The van der Waals surface area contributed by atoms with Gasteiger partial charge in [0.25, 0.3) is 5.91 Å². The molecule has 0 unspecified atom stereocenters. The molecule has 0 fully saturated rings. The topological polar surface area (TPSA) is 53.2 Å². The predicted octanol–water partition coefficient (Wildman–Crippen LogP) is 4.84. The number of nitrogens with one attached hydrogen (secondary N) is 3. The predicted molar refractivity (Wildman–Crippen MR) is 116 cm³/mol. The summed E-state index contributed by atoms with van der Waals surface area (Å²) in [5.41, 5.74) is 0.944. The van der Waals surface area contributed by atoms with E-state index in [-0.39, 0.29) is 10.9 Å². The zero-order chi connectivity index (χ0) is 19.3. The number of benzene rings is 2. The van der Waals surface area contributed by atoms with Crippen LogP contribution in [0.1, 0.15) is 10.4 Å². The Bertz CT molecular complexity index is 785.